The average Bonchev–Trinajstić information content (AvgIpc) is 2.97. The Morgan fingerprint density at radius 2 is 1.77 bits per heavy atom. The summed E-state index contributed by atoms with van der Waals surface area (Å²) in [5.41, 5.74) is 4.78. The van der Waals surface area contributed by atoms with E-state index in [4.69, 9.17) is 0 Å². The predicted molar refractivity (Wildman–Crippen MR) is 97.8 cm³/mol. The topological polar surface area (TPSA) is 51.0 Å². The Morgan fingerprint density at radius 3 is 2.42 bits per heavy atom. The van der Waals surface area contributed by atoms with Crippen molar-refractivity contribution in [3.63, 3.8) is 0 Å². The van der Waals surface area contributed by atoms with Crippen molar-refractivity contribution in [2.45, 2.75) is 27.3 Å². The molecule has 1 aromatic heterocycles. The number of benzene rings is 2. The van der Waals surface area contributed by atoms with Gasteiger partial charge in [-0.25, -0.2) is 4.39 Å². The number of nitrogens with zero attached hydrogens (tertiary/aromatic N) is 4. The van der Waals surface area contributed by atoms with Crippen LogP contribution >= 0.6 is 0 Å². The summed E-state index contributed by atoms with van der Waals surface area (Å²) in [7, 11) is 1.70. The lowest BCUT2D eigenvalue weighted by atomic mass is 10.1. The van der Waals surface area contributed by atoms with Crippen molar-refractivity contribution in [1.29, 1.82) is 0 Å². The van der Waals surface area contributed by atoms with Gasteiger partial charge < -0.3 is 4.90 Å². The largest absolute Gasteiger partial charge is 0.336 e. The highest BCUT2D eigenvalue weighted by Crippen LogP contribution is 2.16. The summed E-state index contributed by atoms with van der Waals surface area (Å²) in [5.74, 6) is -0.516. The maximum atomic E-state index is 13.0. The predicted octanol–water partition coefficient (Wildman–Crippen LogP) is 3.60. The molecule has 3 rings (SSSR count). The lowest BCUT2D eigenvalue weighted by Crippen LogP contribution is -2.27. The molecule has 2 aromatic carbocycles. The number of halogens is 1. The van der Waals surface area contributed by atoms with Gasteiger partial charge in [0.05, 0.1) is 11.4 Å². The van der Waals surface area contributed by atoms with Crippen molar-refractivity contribution in [3.8, 4) is 5.69 Å². The molecule has 0 aliphatic rings. The van der Waals surface area contributed by atoms with E-state index in [2.05, 4.69) is 16.3 Å². The third kappa shape index (κ3) is 3.64. The standard InChI is InChI=1S/C20H21FN4O/c1-13-5-10-18(14(2)11-13)25-22-15(3)19(23-25)20(26)24(4)12-16-6-8-17(21)9-7-16/h5-11H,12H2,1-4H3. The highest BCUT2D eigenvalue weighted by molar-refractivity contribution is 5.93. The second-order valence-electron chi connectivity index (χ2n) is 6.50. The fourth-order valence-corrected chi connectivity index (χ4v) is 2.83. The van der Waals surface area contributed by atoms with Crippen LogP contribution in [-0.2, 0) is 6.54 Å². The molecule has 0 aliphatic carbocycles. The van der Waals surface area contributed by atoms with Gasteiger partial charge in [0, 0.05) is 13.6 Å². The SMILES string of the molecule is Cc1ccc(-n2nc(C)c(C(=O)N(C)Cc3ccc(F)cc3)n2)c(C)c1. The minimum Gasteiger partial charge on any atom is -0.336 e. The molecule has 0 saturated carbocycles. The van der Waals surface area contributed by atoms with Gasteiger partial charge >= 0.3 is 0 Å². The molecule has 6 heteroatoms. The minimum atomic E-state index is -0.296. The molecule has 0 bridgehead atoms. The minimum absolute atomic E-state index is 0.220. The average molecular weight is 352 g/mol. The van der Waals surface area contributed by atoms with Crippen LogP contribution in [0, 0.1) is 26.6 Å². The van der Waals surface area contributed by atoms with Crippen LogP contribution in [-0.4, -0.2) is 32.8 Å². The van der Waals surface area contributed by atoms with E-state index in [0.717, 1.165) is 22.4 Å². The molecular formula is C20H21FN4O. The number of aryl methyl sites for hydroxylation is 3. The Hall–Kier alpha value is -3.02. The van der Waals surface area contributed by atoms with Gasteiger partial charge in [-0.1, -0.05) is 29.8 Å². The molecule has 0 fully saturated rings. The van der Waals surface area contributed by atoms with E-state index in [1.807, 2.05) is 26.0 Å². The molecule has 0 atom stereocenters. The zero-order valence-corrected chi connectivity index (χ0v) is 15.3. The van der Waals surface area contributed by atoms with Gasteiger partial charge in [0.1, 0.15) is 5.82 Å². The van der Waals surface area contributed by atoms with Crippen LogP contribution in [0.1, 0.15) is 32.9 Å². The molecule has 0 N–H and O–H groups in total. The van der Waals surface area contributed by atoms with Gasteiger partial charge in [-0.2, -0.15) is 9.90 Å². The molecule has 0 aliphatic heterocycles. The van der Waals surface area contributed by atoms with Gasteiger partial charge in [0.15, 0.2) is 5.69 Å². The van der Waals surface area contributed by atoms with E-state index in [-0.39, 0.29) is 11.7 Å². The summed E-state index contributed by atoms with van der Waals surface area (Å²) >= 11 is 0. The summed E-state index contributed by atoms with van der Waals surface area (Å²) in [6.45, 7) is 6.15. The molecule has 0 saturated heterocycles. The van der Waals surface area contributed by atoms with Crippen molar-refractivity contribution >= 4 is 5.91 Å². The second kappa shape index (κ2) is 7.07. The van der Waals surface area contributed by atoms with Crippen molar-refractivity contribution in [3.05, 3.63) is 76.4 Å². The molecule has 134 valence electrons. The Morgan fingerprint density at radius 1 is 1.08 bits per heavy atom. The van der Waals surface area contributed by atoms with Crippen LogP contribution in [0.15, 0.2) is 42.5 Å². The fourth-order valence-electron chi connectivity index (χ4n) is 2.83. The summed E-state index contributed by atoms with van der Waals surface area (Å²) < 4.78 is 13.0. The molecule has 3 aromatic rings. The molecule has 1 heterocycles. The summed E-state index contributed by atoms with van der Waals surface area (Å²) in [6, 6.07) is 12.1. The summed E-state index contributed by atoms with van der Waals surface area (Å²) in [4.78, 5) is 15.8. The summed E-state index contributed by atoms with van der Waals surface area (Å²) in [6.07, 6.45) is 0. The zero-order valence-electron chi connectivity index (χ0n) is 15.3. The van der Waals surface area contributed by atoms with Gasteiger partial charge in [-0.15, -0.1) is 5.10 Å². The number of rotatable bonds is 4. The van der Waals surface area contributed by atoms with Crippen LogP contribution in [0.2, 0.25) is 0 Å². The third-order valence-electron chi connectivity index (χ3n) is 4.23. The first kappa shape index (κ1) is 17.8. The monoisotopic (exact) mass is 352 g/mol. The molecule has 0 spiro atoms. The van der Waals surface area contributed by atoms with E-state index in [1.54, 1.807) is 31.0 Å². The van der Waals surface area contributed by atoms with Gasteiger partial charge in [0.25, 0.3) is 5.91 Å². The van der Waals surface area contributed by atoms with Crippen LogP contribution in [0.4, 0.5) is 4.39 Å². The van der Waals surface area contributed by atoms with E-state index < -0.39 is 0 Å². The number of hydrogen-bond donors (Lipinski definition) is 0. The van der Waals surface area contributed by atoms with E-state index in [0.29, 0.717) is 17.9 Å². The highest BCUT2D eigenvalue weighted by atomic mass is 19.1. The van der Waals surface area contributed by atoms with Crippen LogP contribution in [0.25, 0.3) is 5.69 Å². The first-order valence-corrected chi connectivity index (χ1v) is 8.36. The molecule has 0 unspecified atom stereocenters. The number of aromatic nitrogens is 3. The lowest BCUT2D eigenvalue weighted by molar-refractivity contribution is 0.0778. The van der Waals surface area contributed by atoms with Crippen molar-refractivity contribution in [1.82, 2.24) is 19.9 Å². The quantitative estimate of drug-likeness (QED) is 0.721. The van der Waals surface area contributed by atoms with Crippen molar-refractivity contribution in [2.24, 2.45) is 0 Å². The van der Waals surface area contributed by atoms with E-state index in [1.165, 1.54) is 16.9 Å². The molecular weight excluding hydrogens is 331 g/mol. The smallest absolute Gasteiger partial charge is 0.276 e. The number of hydrogen-bond acceptors (Lipinski definition) is 3. The molecule has 26 heavy (non-hydrogen) atoms. The normalized spacial score (nSPS) is 10.8. The van der Waals surface area contributed by atoms with Gasteiger partial charge in [-0.3, -0.25) is 4.79 Å². The van der Waals surface area contributed by atoms with Crippen molar-refractivity contribution in [2.75, 3.05) is 7.05 Å². The van der Waals surface area contributed by atoms with Crippen LogP contribution < -0.4 is 0 Å². The Bertz CT molecular complexity index is 947. The maximum absolute atomic E-state index is 13.0. The van der Waals surface area contributed by atoms with Gasteiger partial charge in [0.2, 0.25) is 0 Å². The molecule has 1 amide bonds. The number of amides is 1. The summed E-state index contributed by atoms with van der Waals surface area (Å²) in [5, 5.41) is 8.80. The Labute approximate surface area is 152 Å². The lowest BCUT2D eigenvalue weighted by Gasteiger charge is -2.16. The number of carbonyl (C=O) groups is 1. The maximum Gasteiger partial charge on any atom is 0.276 e. The first-order chi connectivity index (χ1) is 12.3. The Kier molecular flexibility index (Phi) is 4.84. The van der Waals surface area contributed by atoms with Crippen LogP contribution in [0.3, 0.4) is 0 Å². The van der Waals surface area contributed by atoms with E-state index >= 15 is 0 Å². The zero-order chi connectivity index (χ0) is 18.8. The van der Waals surface area contributed by atoms with Crippen molar-refractivity contribution < 1.29 is 9.18 Å². The van der Waals surface area contributed by atoms with E-state index in [9.17, 15) is 9.18 Å². The second-order valence-corrected chi connectivity index (χ2v) is 6.50. The van der Waals surface area contributed by atoms with Gasteiger partial charge in [-0.05, 0) is 50.1 Å². The Balaban J connectivity index is 1.83. The van der Waals surface area contributed by atoms with Crippen LogP contribution in [0.5, 0.6) is 0 Å². The number of carbonyl (C=O) groups excluding carboxylic acids is 1. The highest BCUT2D eigenvalue weighted by Gasteiger charge is 2.20. The molecule has 5 nitrogen and oxygen atoms in total. The molecule has 0 radical (unpaired) electrons. The first-order valence-electron chi connectivity index (χ1n) is 8.36. The fraction of sp³-hybridized carbons (Fsp3) is 0.250. The third-order valence-corrected chi connectivity index (χ3v) is 4.23.